The monoisotopic (exact) mass is 223 g/mol. The Morgan fingerprint density at radius 1 is 1.40 bits per heavy atom. The maximum absolute atomic E-state index is 5.93. The van der Waals surface area contributed by atoms with Gasteiger partial charge >= 0.3 is 0 Å². The van der Waals surface area contributed by atoms with E-state index < -0.39 is 0 Å². The Balaban J connectivity index is 2.29. The number of hydrogen-bond donors (Lipinski definition) is 1. The van der Waals surface area contributed by atoms with Crippen LogP contribution in [0, 0.1) is 0 Å². The van der Waals surface area contributed by atoms with Crippen LogP contribution in [0.5, 0.6) is 11.6 Å². The minimum atomic E-state index is 0.366. The van der Waals surface area contributed by atoms with Crippen LogP contribution in [0.4, 0.5) is 5.69 Å². The Bertz CT molecular complexity index is 481. The lowest BCUT2D eigenvalue weighted by molar-refractivity contribution is 0.456. The van der Waals surface area contributed by atoms with Crippen molar-refractivity contribution in [3.8, 4) is 11.6 Å². The van der Waals surface area contributed by atoms with Crippen molar-refractivity contribution in [1.82, 2.24) is 9.78 Å². The summed E-state index contributed by atoms with van der Waals surface area (Å²) in [6.45, 7) is 0. The van der Waals surface area contributed by atoms with Gasteiger partial charge in [-0.15, -0.1) is 5.10 Å². The smallest absolute Gasteiger partial charge is 0.261 e. The molecule has 15 heavy (non-hydrogen) atoms. The number of ether oxygens (including phenoxy) is 1. The van der Waals surface area contributed by atoms with Gasteiger partial charge in [0.2, 0.25) is 0 Å². The topological polar surface area (TPSA) is 53.1 Å². The molecule has 78 valence electrons. The normalized spacial score (nSPS) is 10.3. The minimum absolute atomic E-state index is 0.366. The molecule has 0 bridgehead atoms. The molecular weight excluding hydrogens is 214 g/mol. The molecular formula is C10H10ClN3O. The largest absolute Gasteiger partial charge is 0.434 e. The molecule has 0 aliphatic heterocycles. The zero-order chi connectivity index (χ0) is 10.8. The third-order valence-electron chi connectivity index (χ3n) is 1.86. The number of aromatic nitrogens is 2. The lowest BCUT2D eigenvalue weighted by Crippen LogP contribution is -1.91. The maximum Gasteiger partial charge on any atom is 0.261 e. The van der Waals surface area contributed by atoms with Crippen LogP contribution < -0.4 is 10.5 Å². The number of benzene rings is 1. The fourth-order valence-electron chi connectivity index (χ4n) is 1.20. The van der Waals surface area contributed by atoms with E-state index in [1.165, 1.54) is 0 Å². The van der Waals surface area contributed by atoms with E-state index in [4.69, 9.17) is 22.1 Å². The summed E-state index contributed by atoms with van der Waals surface area (Å²) < 4.78 is 7.06. The van der Waals surface area contributed by atoms with Gasteiger partial charge in [-0.05, 0) is 12.1 Å². The van der Waals surface area contributed by atoms with Crippen LogP contribution in [0.1, 0.15) is 0 Å². The van der Waals surface area contributed by atoms with Gasteiger partial charge in [0, 0.05) is 7.05 Å². The maximum atomic E-state index is 5.93. The highest BCUT2D eigenvalue weighted by molar-refractivity contribution is 6.32. The molecule has 0 saturated heterocycles. The van der Waals surface area contributed by atoms with Gasteiger partial charge in [-0.25, -0.2) is 0 Å². The van der Waals surface area contributed by atoms with E-state index >= 15 is 0 Å². The van der Waals surface area contributed by atoms with E-state index in [1.54, 1.807) is 30.1 Å². The summed E-state index contributed by atoms with van der Waals surface area (Å²) in [5.74, 6) is 0.912. The highest BCUT2D eigenvalue weighted by Crippen LogP contribution is 2.30. The molecule has 2 rings (SSSR count). The highest BCUT2D eigenvalue weighted by Gasteiger charge is 2.08. The summed E-state index contributed by atoms with van der Waals surface area (Å²) in [6.07, 6.45) is 1.67. The number of halogens is 1. The van der Waals surface area contributed by atoms with E-state index in [-0.39, 0.29) is 0 Å². The third kappa shape index (κ3) is 2.05. The molecule has 0 fully saturated rings. The molecule has 0 saturated carbocycles. The van der Waals surface area contributed by atoms with Gasteiger partial charge in [-0.3, -0.25) is 4.68 Å². The van der Waals surface area contributed by atoms with Crippen molar-refractivity contribution in [1.29, 1.82) is 0 Å². The van der Waals surface area contributed by atoms with Gasteiger partial charge in [0.25, 0.3) is 5.88 Å². The summed E-state index contributed by atoms with van der Waals surface area (Å²) >= 11 is 5.93. The second-order valence-electron chi connectivity index (χ2n) is 3.10. The first-order chi connectivity index (χ1) is 7.16. The van der Waals surface area contributed by atoms with Crippen LogP contribution >= 0.6 is 11.6 Å². The molecule has 0 spiro atoms. The van der Waals surface area contributed by atoms with Gasteiger partial charge in [0.15, 0.2) is 0 Å². The van der Waals surface area contributed by atoms with E-state index in [1.807, 2.05) is 12.1 Å². The molecule has 2 aromatic rings. The molecule has 0 atom stereocenters. The first-order valence-electron chi connectivity index (χ1n) is 4.38. The summed E-state index contributed by atoms with van der Waals surface area (Å²) in [7, 11) is 1.77. The summed E-state index contributed by atoms with van der Waals surface area (Å²) in [5, 5.41) is 4.59. The lowest BCUT2D eigenvalue weighted by Gasteiger charge is -2.04. The number of anilines is 1. The molecule has 4 nitrogen and oxygen atoms in total. The average Bonchev–Trinajstić information content (AvgIpc) is 2.49. The zero-order valence-electron chi connectivity index (χ0n) is 8.14. The van der Waals surface area contributed by atoms with Crippen LogP contribution in [0.2, 0.25) is 5.02 Å². The van der Waals surface area contributed by atoms with Crippen molar-refractivity contribution >= 4 is 17.3 Å². The van der Waals surface area contributed by atoms with Crippen LogP contribution in [0.25, 0.3) is 0 Å². The third-order valence-corrected chi connectivity index (χ3v) is 2.18. The highest BCUT2D eigenvalue weighted by atomic mass is 35.5. The van der Waals surface area contributed by atoms with Crippen LogP contribution in [0.15, 0.2) is 30.5 Å². The number of rotatable bonds is 2. The molecule has 0 amide bonds. The van der Waals surface area contributed by atoms with Crippen molar-refractivity contribution < 1.29 is 4.74 Å². The molecule has 1 aromatic heterocycles. The molecule has 1 aromatic carbocycles. The summed E-state index contributed by atoms with van der Waals surface area (Å²) in [4.78, 5) is 0. The Labute approximate surface area is 92.2 Å². The average molecular weight is 224 g/mol. The molecule has 0 radical (unpaired) electrons. The van der Waals surface area contributed by atoms with E-state index in [0.29, 0.717) is 22.3 Å². The van der Waals surface area contributed by atoms with Crippen molar-refractivity contribution in [2.24, 2.45) is 7.05 Å². The Hall–Kier alpha value is -1.68. The molecule has 2 N–H and O–H groups in total. The first-order valence-corrected chi connectivity index (χ1v) is 4.76. The lowest BCUT2D eigenvalue weighted by atomic mass is 10.3. The van der Waals surface area contributed by atoms with Gasteiger partial charge in [-0.1, -0.05) is 23.7 Å². The van der Waals surface area contributed by atoms with E-state index in [0.717, 1.165) is 0 Å². The van der Waals surface area contributed by atoms with Gasteiger partial charge in [0.05, 0.1) is 11.2 Å². The second-order valence-corrected chi connectivity index (χ2v) is 3.50. The molecule has 5 heteroatoms. The molecule has 1 heterocycles. The number of nitrogen functional groups attached to an aromatic ring is 1. The first kappa shape index (κ1) is 9.86. The van der Waals surface area contributed by atoms with Crippen molar-refractivity contribution in [3.63, 3.8) is 0 Å². The Kier molecular flexibility index (Phi) is 2.51. The Morgan fingerprint density at radius 3 is 2.73 bits per heavy atom. The van der Waals surface area contributed by atoms with Gasteiger partial charge < -0.3 is 10.5 Å². The van der Waals surface area contributed by atoms with Crippen molar-refractivity contribution in [2.75, 3.05) is 5.73 Å². The number of para-hydroxylation sites is 1. The quantitative estimate of drug-likeness (QED) is 0.851. The van der Waals surface area contributed by atoms with Crippen molar-refractivity contribution in [2.45, 2.75) is 0 Å². The fourth-order valence-corrected chi connectivity index (χ4v) is 1.37. The fraction of sp³-hybridized carbons (Fsp3) is 0.100. The SMILES string of the molecule is Cn1cc(N)c(Oc2ccccc2Cl)n1. The van der Waals surface area contributed by atoms with E-state index in [2.05, 4.69) is 5.10 Å². The molecule has 0 unspecified atom stereocenters. The Morgan fingerprint density at radius 2 is 2.13 bits per heavy atom. The summed E-state index contributed by atoms with van der Waals surface area (Å²) in [5.41, 5.74) is 6.17. The van der Waals surface area contributed by atoms with Crippen LogP contribution in [-0.4, -0.2) is 9.78 Å². The predicted octanol–water partition coefficient (Wildman–Crippen LogP) is 2.45. The second kappa shape index (κ2) is 3.82. The molecule has 0 aliphatic rings. The number of nitrogens with two attached hydrogens (primary N) is 1. The summed E-state index contributed by atoms with van der Waals surface area (Å²) in [6, 6.07) is 7.17. The molecule has 0 aliphatic carbocycles. The zero-order valence-corrected chi connectivity index (χ0v) is 8.90. The minimum Gasteiger partial charge on any atom is -0.434 e. The van der Waals surface area contributed by atoms with Crippen LogP contribution in [-0.2, 0) is 7.05 Å². The standard InChI is InChI=1S/C10H10ClN3O/c1-14-6-8(12)10(13-14)15-9-5-3-2-4-7(9)11/h2-6H,12H2,1H3. The van der Waals surface area contributed by atoms with Crippen molar-refractivity contribution in [3.05, 3.63) is 35.5 Å². The van der Waals surface area contributed by atoms with Gasteiger partial charge in [0.1, 0.15) is 11.4 Å². The number of nitrogens with zero attached hydrogens (tertiary/aromatic N) is 2. The van der Waals surface area contributed by atoms with Gasteiger partial charge in [-0.2, -0.15) is 0 Å². The van der Waals surface area contributed by atoms with Crippen LogP contribution in [0.3, 0.4) is 0 Å². The number of aryl methyl sites for hydroxylation is 1. The van der Waals surface area contributed by atoms with E-state index in [9.17, 15) is 0 Å². The number of hydrogen-bond acceptors (Lipinski definition) is 3. The predicted molar refractivity (Wildman–Crippen MR) is 59.1 cm³/mol.